The van der Waals surface area contributed by atoms with E-state index in [-0.39, 0.29) is 11.1 Å². The van der Waals surface area contributed by atoms with Crippen LogP contribution in [0.5, 0.6) is 0 Å². The third kappa shape index (κ3) is 8.72. The molecule has 0 bridgehead atoms. The maximum absolute atomic E-state index is 12.9. The van der Waals surface area contributed by atoms with Crippen LogP contribution in [0.3, 0.4) is 0 Å². The molecule has 31 heavy (non-hydrogen) atoms. The lowest BCUT2D eigenvalue weighted by Gasteiger charge is -2.23. The number of ether oxygens (including phenoxy) is 1. The van der Waals surface area contributed by atoms with Crippen molar-refractivity contribution in [2.24, 2.45) is 0 Å². The van der Waals surface area contributed by atoms with Crippen molar-refractivity contribution in [3.63, 3.8) is 0 Å². The molecule has 8 heteroatoms. The first-order valence-corrected chi connectivity index (χ1v) is 10.7. The summed E-state index contributed by atoms with van der Waals surface area (Å²) in [7, 11) is 3.38. The minimum absolute atomic E-state index is 0.0822. The number of anilines is 1. The van der Waals surface area contributed by atoms with Crippen LogP contribution >= 0.6 is 11.8 Å². The summed E-state index contributed by atoms with van der Waals surface area (Å²) in [4.78, 5) is 39.3. The van der Waals surface area contributed by atoms with E-state index in [4.69, 9.17) is 4.74 Å². The fourth-order valence-corrected chi connectivity index (χ4v) is 3.19. The van der Waals surface area contributed by atoms with E-state index in [2.05, 4.69) is 10.6 Å². The Labute approximate surface area is 187 Å². The molecule has 3 amide bonds. The zero-order valence-corrected chi connectivity index (χ0v) is 19.3. The van der Waals surface area contributed by atoms with Gasteiger partial charge in [0.05, 0.1) is 0 Å². The molecule has 0 spiro atoms. The quantitative estimate of drug-likeness (QED) is 0.640. The Hall–Kier alpha value is -3.00. The van der Waals surface area contributed by atoms with E-state index >= 15 is 0 Å². The normalized spacial score (nSPS) is 11.9. The van der Waals surface area contributed by atoms with Gasteiger partial charge in [-0.05, 0) is 62.4 Å². The van der Waals surface area contributed by atoms with Crippen molar-refractivity contribution in [2.45, 2.75) is 43.7 Å². The summed E-state index contributed by atoms with van der Waals surface area (Å²) < 4.78 is 5.31. The molecular weight excluding hydrogens is 414 g/mol. The minimum atomic E-state index is -0.818. The molecule has 0 heterocycles. The van der Waals surface area contributed by atoms with E-state index < -0.39 is 17.7 Å². The smallest absolute Gasteiger partial charge is 0.408 e. The summed E-state index contributed by atoms with van der Waals surface area (Å²) in [5, 5.41) is 5.40. The summed E-state index contributed by atoms with van der Waals surface area (Å²) in [6, 6.07) is 15.6. The van der Waals surface area contributed by atoms with Gasteiger partial charge in [0, 0.05) is 31.1 Å². The highest BCUT2D eigenvalue weighted by Crippen LogP contribution is 2.22. The molecule has 2 aromatic rings. The van der Waals surface area contributed by atoms with Gasteiger partial charge >= 0.3 is 6.09 Å². The highest BCUT2D eigenvalue weighted by atomic mass is 32.2. The van der Waals surface area contributed by atoms with Gasteiger partial charge in [0.2, 0.25) is 5.91 Å². The number of thioether (sulfide) groups is 1. The Morgan fingerprint density at radius 3 is 2.16 bits per heavy atom. The highest BCUT2D eigenvalue weighted by Gasteiger charge is 2.25. The second kappa shape index (κ2) is 10.9. The fourth-order valence-electron chi connectivity index (χ4n) is 2.54. The van der Waals surface area contributed by atoms with E-state index in [0.717, 1.165) is 22.2 Å². The number of amides is 3. The predicted molar refractivity (Wildman–Crippen MR) is 123 cm³/mol. The molecule has 7 nitrogen and oxygen atoms in total. The molecule has 2 aromatic carbocycles. The van der Waals surface area contributed by atoms with Crippen molar-refractivity contribution in [3.8, 4) is 0 Å². The van der Waals surface area contributed by atoms with Gasteiger partial charge in [-0.15, -0.1) is 0 Å². The molecule has 0 fully saturated rings. The number of carbonyl (C=O) groups excluding carboxylic acids is 3. The number of alkyl carbamates (subject to hydrolysis) is 1. The zero-order valence-electron chi connectivity index (χ0n) is 18.5. The first-order valence-electron chi connectivity index (χ1n) is 9.87. The van der Waals surface area contributed by atoms with Gasteiger partial charge in [-0.3, -0.25) is 9.59 Å². The van der Waals surface area contributed by atoms with Crippen LogP contribution in [0.1, 0.15) is 26.3 Å². The molecule has 1 unspecified atom stereocenters. The topological polar surface area (TPSA) is 87.7 Å². The van der Waals surface area contributed by atoms with Crippen LogP contribution in [0.25, 0.3) is 0 Å². The van der Waals surface area contributed by atoms with Crippen LogP contribution in [0.15, 0.2) is 59.5 Å². The molecule has 0 aliphatic carbocycles. The molecule has 0 radical (unpaired) electrons. The van der Waals surface area contributed by atoms with Crippen molar-refractivity contribution in [3.05, 3.63) is 60.2 Å². The molecule has 0 saturated carbocycles. The third-order valence-electron chi connectivity index (χ3n) is 3.98. The first kappa shape index (κ1) is 24.3. The number of hydrogen-bond donors (Lipinski definition) is 2. The number of nitrogens with zero attached hydrogens (tertiary/aromatic N) is 1. The molecule has 1 atom stereocenters. The summed E-state index contributed by atoms with van der Waals surface area (Å²) in [5.74, 6) is -0.362. The van der Waals surface area contributed by atoms with Crippen LogP contribution in [-0.4, -0.2) is 47.9 Å². The van der Waals surface area contributed by atoms with Gasteiger partial charge in [-0.2, -0.15) is 0 Å². The number of benzene rings is 2. The molecule has 2 rings (SSSR count). The van der Waals surface area contributed by atoms with Crippen LogP contribution in [-0.2, 0) is 16.0 Å². The summed E-state index contributed by atoms with van der Waals surface area (Å²) in [5.41, 5.74) is 0.804. The number of carbonyl (C=O) groups is 3. The van der Waals surface area contributed by atoms with Gasteiger partial charge in [0.1, 0.15) is 11.6 Å². The van der Waals surface area contributed by atoms with Crippen molar-refractivity contribution in [1.82, 2.24) is 10.2 Å². The van der Waals surface area contributed by atoms with Crippen LogP contribution in [0, 0.1) is 0 Å². The van der Waals surface area contributed by atoms with Gasteiger partial charge in [0.15, 0.2) is 0 Å². The fraction of sp³-hybridized carbons (Fsp3) is 0.348. The van der Waals surface area contributed by atoms with Gasteiger partial charge in [-0.1, -0.05) is 30.3 Å². The zero-order chi connectivity index (χ0) is 23.0. The Balaban J connectivity index is 2.09. The average Bonchev–Trinajstić information content (AvgIpc) is 2.68. The van der Waals surface area contributed by atoms with Gasteiger partial charge in [0.25, 0.3) is 5.24 Å². The number of rotatable bonds is 6. The average molecular weight is 444 g/mol. The Morgan fingerprint density at radius 1 is 1.00 bits per heavy atom. The number of hydrogen-bond acceptors (Lipinski definition) is 5. The minimum Gasteiger partial charge on any atom is -0.444 e. The maximum atomic E-state index is 12.9. The highest BCUT2D eigenvalue weighted by molar-refractivity contribution is 8.13. The molecule has 0 saturated heterocycles. The molecule has 2 N–H and O–H groups in total. The molecule has 0 aliphatic heterocycles. The Bertz CT molecular complexity index is 893. The molecule has 0 aliphatic rings. The van der Waals surface area contributed by atoms with Crippen molar-refractivity contribution >= 4 is 34.7 Å². The lowest BCUT2D eigenvalue weighted by molar-refractivity contribution is -0.118. The van der Waals surface area contributed by atoms with Gasteiger partial charge in [-0.25, -0.2) is 4.79 Å². The molecule has 166 valence electrons. The predicted octanol–water partition coefficient (Wildman–Crippen LogP) is 4.53. The van der Waals surface area contributed by atoms with Crippen molar-refractivity contribution < 1.29 is 19.1 Å². The van der Waals surface area contributed by atoms with Crippen LogP contribution in [0.2, 0.25) is 0 Å². The second-order valence-corrected chi connectivity index (χ2v) is 9.19. The van der Waals surface area contributed by atoms with E-state index in [1.165, 1.54) is 4.90 Å². The standard InChI is InChI=1S/C23H29N3O4S/c1-23(2,3)30-21(28)25-19(15-16-9-7-6-8-10-16)20(27)24-17-11-13-18(14-12-17)31-22(29)26(4)5/h6-14,19H,15H2,1-5H3,(H,24,27)(H,25,28). The van der Waals surface area contributed by atoms with E-state index in [1.807, 2.05) is 30.3 Å². The van der Waals surface area contributed by atoms with Crippen molar-refractivity contribution in [1.29, 1.82) is 0 Å². The summed E-state index contributed by atoms with van der Waals surface area (Å²) in [6.45, 7) is 5.29. The number of nitrogens with one attached hydrogen (secondary N) is 2. The van der Waals surface area contributed by atoms with Gasteiger partial charge < -0.3 is 20.3 Å². The second-order valence-electron chi connectivity index (χ2n) is 8.16. The summed E-state index contributed by atoms with van der Waals surface area (Å²) >= 11 is 1.10. The molecular formula is C23H29N3O4S. The molecule has 0 aromatic heterocycles. The van der Waals surface area contributed by atoms with E-state index in [0.29, 0.717) is 12.1 Å². The van der Waals surface area contributed by atoms with E-state index in [1.54, 1.807) is 59.1 Å². The lowest BCUT2D eigenvalue weighted by atomic mass is 10.1. The SMILES string of the molecule is CN(C)C(=O)Sc1ccc(NC(=O)C(Cc2ccccc2)NC(=O)OC(C)(C)C)cc1. The van der Waals surface area contributed by atoms with E-state index in [9.17, 15) is 14.4 Å². The maximum Gasteiger partial charge on any atom is 0.408 e. The monoisotopic (exact) mass is 443 g/mol. The summed E-state index contributed by atoms with van der Waals surface area (Å²) in [6.07, 6.45) is -0.338. The Morgan fingerprint density at radius 2 is 1.61 bits per heavy atom. The Kier molecular flexibility index (Phi) is 8.50. The van der Waals surface area contributed by atoms with Crippen LogP contribution < -0.4 is 10.6 Å². The largest absolute Gasteiger partial charge is 0.444 e. The lowest BCUT2D eigenvalue weighted by Crippen LogP contribution is -2.47. The van der Waals surface area contributed by atoms with Crippen molar-refractivity contribution in [2.75, 3.05) is 19.4 Å². The third-order valence-corrected chi connectivity index (χ3v) is 5.03. The van der Waals surface area contributed by atoms with Crippen LogP contribution in [0.4, 0.5) is 15.3 Å². The first-order chi connectivity index (χ1) is 14.5.